The number of halogens is 2. The molecule has 0 radical (unpaired) electrons. The number of hydrogen-bond acceptors (Lipinski definition) is 4. The average molecular weight is 435 g/mol. The first-order valence-corrected chi connectivity index (χ1v) is 10.2. The molecule has 2 aromatic carbocycles. The van der Waals surface area contributed by atoms with E-state index in [9.17, 15) is 9.59 Å². The summed E-state index contributed by atoms with van der Waals surface area (Å²) in [5, 5.41) is 3.63. The van der Waals surface area contributed by atoms with Crippen LogP contribution in [0.2, 0.25) is 10.0 Å². The molecular formula is C21H20Cl2N2O4. The molecule has 1 saturated heterocycles. The highest BCUT2D eigenvalue weighted by molar-refractivity contribution is 6.35. The van der Waals surface area contributed by atoms with Crippen molar-refractivity contribution in [2.75, 3.05) is 30.0 Å². The number of nitrogens with one attached hydrogen (secondary N) is 1. The highest BCUT2D eigenvalue weighted by Crippen LogP contribution is 2.33. The first kappa shape index (κ1) is 20.0. The number of rotatable bonds is 5. The molecule has 0 aromatic heterocycles. The van der Waals surface area contributed by atoms with Crippen molar-refractivity contribution in [1.82, 2.24) is 0 Å². The van der Waals surface area contributed by atoms with Gasteiger partial charge in [-0.05, 0) is 55.2 Å². The van der Waals surface area contributed by atoms with Crippen LogP contribution in [0.15, 0.2) is 36.4 Å². The Morgan fingerprint density at radius 2 is 2.07 bits per heavy atom. The van der Waals surface area contributed by atoms with Gasteiger partial charge in [-0.25, -0.2) is 0 Å². The summed E-state index contributed by atoms with van der Waals surface area (Å²) in [4.78, 5) is 26.8. The number of fused-ring (bicyclic) bond motifs is 1. The monoisotopic (exact) mass is 434 g/mol. The van der Waals surface area contributed by atoms with E-state index in [1.54, 1.807) is 23.1 Å². The third-order valence-corrected chi connectivity index (χ3v) is 5.52. The molecule has 1 atom stereocenters. The van der Waals surface area contributed by atoms with Crippen LogP contribution < -0.4 is 15.0 Å². The predicted octanol–water partition coefficient (Wildman–Crippen LogP) is 4.08. The molecule has 0 spiro atoms. The molecule has 0 unspecified atom stereocenters. The van der Waals surface area contributed by atoms with Gasteiger partial charge in [-0.1, -0.05) is 29.3 Å². The highest BCUT2D eigenvalue weighted by Gasteiger charge is 2.32. The largest absolute Gasteiger partial charge is 0.482 e. The lowest BCUT2D eigenvalue weighted by Gasteiger charge is -2.21. The summed E-state index contributed by atoms with van der Waals surface area (Å²) in [7, 11) is 0. The molecule has 2 heterocycles. The van der Waals surface area contributed by atoms with Gasteiger partial charge in [-0.15, -0.1) is 0 Å². The Morgan fingerprint density at radius 3 is 2.83 bits per heavy atom. The quantitative estimate of drug-likeness (QED) is 0.769. The Balaban J connectivity index is 1.40. The Kier molecular flexibility index (Phi) is 5.94. The highest BCUT2D eigenvalue weighted by atomic mass is 35.5. The summed E-state index contributed by atoms with van der Waals surface area (Å²) in [6.45, 7) is 1.06. The van der Waals surface area contributed by atoms with Gasteiger partial charge in [0.05, 0.1) is 5.02 Å². The lowest BCUT2D eigenvalue weighted by atomic mass is 10.1. The number of benzene rings is 2. The molecule has 8 heteroatoms. The van der Waals surface area contributed by atoms with Crippen LogP contribution in [-0.4, -0.2) is 37.7 Å². The van der Waals surface area contributed by atoms with Crippen LogP contribution in [-0.2, 0) is 20.7 Å². The van der Waals surface area contributed by atoms with E-state index in [2.05, 4.69) is 5.32 Å². The Labute approximate surface area is 178 Å². The molecule has 1 N–H and O–H groups in total. The van der Waals surface area contributed by atoms with Crippen LogP contribution in [0.1, 0.15) is 18.4 Å². The van der Waals surface area contributed by atoms with Crippen molar-refractivity contribution in [2.45, 2.75) is 25.4 Å². The number of anilines is 2. The van der Waals surface area contributed by atoms with Crippen molar-refractivity contribution in [3.05, 3.63) is 52.0 Å². The van der Waals surface area contributed by atoms with Gasteiger partial charge in [0.25, 0.3) is 11.8 Å². The lowest BCUT2D eigenvalue weighted by Crippen LogP contribution is -2.37. The van der Waals surface area contributed by atoms with E-state index in [0.29, 0.717) is 34.6 Å². The molecule has 0 aliphatic carbocycles. The zero-order valence-electron chi connectivity index (χ0n) is 15.6. The van der Waals surface area contributed by atoms with Gasteiger partial charge in [0.15, 0.2) is 6.61 Å². The average Bonchev–Trinajstić information content (AvgIpc) is 3.37. The molecule has 0 saturated carbocycles. The summed E-state index contributed by atoms with van der Waals surface area (Å²) < 4.78 is 11.0. The maximum absolute atomic E-state index is 12.7. The van der Waals surface area contributed by atoms with Crippen molar-refractivity contribution < 1.29 is 19.1 Å². The number of hydrogen-bond donors (Lipinski definition) is 1. The first-order valence-electron chi connectivity index (χ1n) is 9.45. The number of carbonyl (C=O) groups is 2. The SMILES string of the molecule is O=C(COc1ccc(Cl)cc1Cl)Nc1ccc2c(c1)N(C(=O)[C@@H]1CCCO1)CC2. The zero-order valence-corrected chi connectivity index (χ0v) is 17.1. The van der Waals surface area contributed by atoms with E-state index < -0.39 is 0 Å². The van der Waals surface area contributed by atoms with Crippen LogP contribution >= 0.6 is 23.2 Å². The van der Waals surface area contributed by atoms with E-state index in [1.165, 1.54) is 0 Å². The van der Waals surface area contributed by atoms with Crippen molar-refractivity contribution in [1.29, 1.82) is 0 Å². The molecule has 2 aliphatic heterocycles. The van der Waals surface area contributed by atoms with E-state index in [0.717, 1.165) is 30.5 Å². The van der Waals surface area contributed by atoms with Crippen LogP contribution in [0.5, 0.6) is 5.75 Å². The second-order valence-electron chi connectivity index (χ2n) is 7.00. The summed E-state index contributed by atoms with van der Waals surface area (Å²) in [6.07, 6.45) is 2.09. The molecule has 1 fully saturated rings. The summed E-state index contributed by atoms with van der Waals surface area (Å²) in [5.74, 6) is 0.0462. The fourth-order valence-electron chi connectivity index (χ4n) is 3.56. The molecule has 2 aliphatic rings. The molecule has 2 amide bonds. The van der Waals surface area contributed by atoms with Crippen LogP contribution in [0.25, 0.3) is 0 Å². The Bertz CT molecular complexity index is 944. The summed E-state index contributed by atoms with van der Waals surface area (Å²) >= 11 is 11.9. The maximum atomic E-state index is 12.7. The van der Waals surface area contributed by atoms with Crippen LogP contribution in [0, 0.1) is 0 Å². The molecule has 2 aromatic rings. The maximum Gasteiger partial charge on any atom is 0.262 e. The number of amides is 2. The smallest absolute Gasteiger partial charge is 0.262 e. The van der Waals surface area contributed by atoms with Crippen LogP contribution in [0.3, 0.4) is 0 Å². The molecule has 0 bridgehead atoms. The van der Waals surface area contributed by atoms with Crippen LogP contribution in [0.4, 0.5) is 11.4 Å². The van der Waals surface area contributed by atoms with Gasteiger partial charge in [0.2, 0.25) is 0 Å². The molecule has 152 valence electrons. The van der Waals surface area contributed by atoms with E-state index in [-0.39, 0.29) is 24.5 Å². The van der Waals surface area contributed by atoms with E-state index in [4.69, 9.17) is 32.7 Å². The van der Waals surface area contributed by atoms with Gasteiger partial charge in [-0.2, -0.15) is 0 Å². The predicted molar refractivity (Wildman–Crippen MR) is 112 cm³/mol. The lowest BCUT2D eigenvalue weighted by molar-refractivity contribution is -0.127. The standard InChI is InChI=1S/C21H20Cl2N2O4/c22-14-4-6-18(16(23)10-14)29-12-20(26)24-15-5-3-13-7-8-25(17(13)11-15)21(27)19-2-1-9-28-19/h3-6,10-11,19H,1-2,7-9,12H2,(H,24,26)/t19-/m0/s1. The van der Waals surface area contributed by atoms with Crippen molar-refractivity contribution in [3.8, 4) is 5.75 Å². The summed E-state index contributed by atoms with van der Waals surface area (Å²) in [5.41, 5.74) is 2.51. The fourth-order valence-corrected chi connectivity index (χ4v) is 4.03. The number of nitrogens with zero attached hydrogens (tertiary/aromatic N) is 1. The van der Waals surface area contributed by atoms with E-state index >= 15 is 0 Å². The second kappa shape index (κ2) is 8.61. The first-order chi connectivity index (χ1) is 14.0. The minimum absolute atomic E-state index is 0.00885. The Morgan fingerprint density at radius 1 is 1.21 bits per heavy atom. The molecule has 4 rings (SSSR count). The normalized spacial score (nSPS) is 17.9. The fraction of sp³-hybridized carbons (Fsp3) is 0.333. The van der Waals surface area contributed by atoms with Gasteiger partial charge in [0.1, 0.15) is 11.9 Å². The van der Waals surface area contributed by atoms with Gasteiger partial charge in [-0.3, -0.25) is 9.59 Å². The third-order valence-electron chi connectivity index (χ3n) is 4.99. The zero-order chi connectivity index (χ0) is 20.4. The molecular weight excluding hydrogens is 415 g/mol. The number of carbonyl (C=O) groups excluding carboxylic acids is 2. The number of ether oxygens (including phenoxy) is 2. The Hall–Kier alpha value is -2.28. The summed E-state index contributed by atoms with van der Waals surface area (Å²) in [6, 6.07) is 10.4. The van der Waals surface area contributed by atoms with Gasteiger partial charge < -0.3 is 19.7 Å². The van der Waals surface area contributed by atoms with E-state index in [1.807, 2.05) is 18.2 Å². The topological polar surface area (TPSA) is 67.9 Å². The molecule has 6 nitrogen and oxygen atoms in total. The van der Waals surface area contributed by atoms with Gasteiger partial charge in [0, 0.05) is 29.5 Å². The third kappa shape index (κ3) is 4.50. The van der Waals surface area contributed by atoms with Crippen molar-refractivity contribution in [2.24, 2.45) is 0 Å². The minimum Gasteiger partial charge on any atom is -0.482 e. The minimum atomic E-state index is -0.364. The molecule has 29 heavy (non-hydrogen) atoms. The second-order valence-corrected chi connectivity index (χ2v) is 7.84. The van der Waals surface area contributed by atoms with Crippen molar-refractivity contribution in [3.63, 3.8) is 0 Å². The van der Waals surface area contributed by atoms with Gasteiger partial charge >= 0.3 is 0 Å². The van der Waals surface area contributed by atoms with Crippen molar-refractivity contribution >= 4 is 46.4 Å².